The Morgan fingerprint density at radius 1 is 1.03 bits per heavy atom. The molecule has 2 aliphatic rings. The van der Waals surface area contributed by atoms with Crippen LogP contribution in [0.25, 0.3) is 0 Å². The molecule has 37 heavy (non-hydrogen) atoms. The monoisotopic (exact) mass is 505 g/mol. The minimum absolute atomic E-state index is 0.0219. The van der Waals surface area contributed by atoms with Crippen molar-refractivity contribution in [2.45, 2.75) is 83.5 Å². The fourth-order valence-corrected chi connectivity index (χ4v) is 5.72. The summed E-state index contributed by atoms with van der Waals surface area (Å²) in [7, 11) is 1.61. The number of hydrogen-bond acceptors (Lipinski definition) is 4. The normalized spacial score (nSPS) is 21.4. The molecule has 1 heterocycles. The van der Waals surface area contributed by atoms with Crippen molar-refractivity contribution in [2.24, 2.45) is 0 Å². The fraction of sp³-hybridized carbons (Fsp3) is 0.500. The predicted octanol–water partition coefficient (Wildman–Crippen LogP) is 4.47. The van der Waals surface area contributed by atoms with Crippen LogP contribution in [-0.4, -0.2) is 59.3 Å². The zero-order chi connectivity index (χ0) is 26.4. The van der Waals surface area contributed by atoms with Crippen LogP contribution in [-0.2, 0) is 16.1 Å². The van der Waals surface area contributed by atoms with E-state index >= 15 is 0 Å². The van der Waals surface area contributed by atoms with Crippen LogP contribution >= 0.6 is 0 Å². The first-order valence-electron chi connectivity index (χ1n) is 13.5. The third-order valence-electron chi connectivity index (χ3n) is 7.67. The predicted molar refractivity (Wildman–Crippen MR) is 143 cm³/mol. The topological polar surface area (TPSA) is 79.0 Å². The highest BCUT2D eigenvalue weighted by atomic mass is 16.5. The van der Waals surface area contributed by atoms with Gasteiger partial charge < -0.3 is 19.9 Å². The number of ether oxygens (including phenoxy) is 1. The largest absolute Gasteiger partial charge is 0.497 e. The van der Waals surface area contributed by atoms with Gasteiger partial charge in [0, 0.05) is 31.1 Å². The zero-order valence-electron chi connectivity index (χ0n) is 22.2. The lowest BCUT2D eigenvalue weighted by Gasteiger charge is -2.41. The molecule has 1 saturated heterocycles. The van der Waals surface area contributed by atoms with Crippen molar-refractivity contribution in [3.8, 4) is 5.75 Å². The molecule has 1 N–H and O–H groups in total. The van der Waals surface area contributed by atoms with Crippen LogP contribution in [0.1, 0.15) is 73.4 Å². The first kappa shape index (κ1) is 26.7. The number of nitrogens with one attached hydrogen (secondary N) is 1. The minimum atomic E-state index is -0.419. The lowest BCUT2D eigenvalue weighted by Crippen LogP contribution is -2.57. The highest BCUT2D eigenvalue weighted by molar-refractivity contribution is 5.95. The van der Waals surface area contributed by atoms with Gasteiger partial charge in [-0.3, -0.25) is 14.4 Å². The summed E-state index contributed by atoms with van der Waals surface area (Å²) in [5, 5.41) is 3.28. The summed E-state index contributed by atoms with van der Waals surface area (Å²) in [5.41, 5.74) is 2.80. The second-order valence-corrected chi connectivity index (χ2v) is 10.2. The van der Waals surface area contributed by atoms with Crippen LogP contribution in [0.4, 0.5) is 0 Å². The minimum Gasteiger partial charge on any atom is -0.497 e. The smallest absolute Gasteiger partial charge is 0.254 e. The van der Waals surface area contributed by atoms with Crippen LogP contribution in [0, 0.1) is 6.92 Å². The number of hydrogen-bond donors (Lipinski definition) is 1. The number of rotatable bonds is 8. The molecule has 3 amide bonds. The van der Waals surface area contributed by atoms with E-state index in [1.54, 1.807) is 36.3 Å². The fourth-order valence-electron chi connectivity index (χ4n) is 5.72. The van der Waals surface area contributed by atoms with Crippen molar-refractivity contribution < 1.29 is 19.1 Å². The Bertz CT molecular complexity index is 1100. The van der Waals surface area contributed by atoms with Gasteiger partial charge in [-0.1, -0.05) is 49.6 Å². The van der Waals surface area contributed by atoms with Crippen LogP contribution in [0.5, 0.6) is 5.75 Å². The van der Waals surface area contributed by atoms with E-state index in [9.17, 15) is 14.4 Å². The van der Waals surface area contributed by atoms with E-state index < -0.39 is 6.04 Å². The number of aryl methyl sites for hydroxylation is 1. The lowest BCUT2D eigenvalue weighted by atomic mass is 9.88. The molecule has 2 fully saturated rings. The van der Waals surface area contributed by atoms with E-state index in [-0.39, 0.29) is 29.8 Å². The summed E-state index contributed by atoms with van der Waals surface area (Å²) in [5.74, 6) is 0.573. The molecule has 0 aromatic heterocycles. The van der Waals surface area contributed by atoms with E-state index in [0.29, 0.717) is 37.2 Å². The van der Waals surface area contributed by atoms with Crippen molar-refractivity contribution in [1.82, 2.24) is 15.1 Å². The maximum absolute atomic E-state index is 13.9. The van der Waals surface area contributed by atoms with Crippen molar-refractivity contribution in [2.75, 3.05) is 13.7 Å². The SMILES string of the molecule is CCC(=O)N1CCC[C@H]1C(=O)N[C@@H]1CCCC[C@H]1N(Cc1cccc(C)c1)C(=O)c1ccc(OC)cc1. The van der Waals surface area contributed by atoms with Gasteiger partial charge in [-0.25, -0.2) is 0 Å². The van der Waals surface area contributed by atoms with Gasteiger partial charge in [0.05, 0.1) is 13.2 Å². The van der Waals surface area contributed by atoms with Gasteiger partial charge in [0.2, 0.25) is 11.8 Å². The Hall–Kier alpha value is -3.35. The second kappa shape index (κ2) is 12.3. The molecule has 3 atom stereocenters. The number of nitrogens with zero attached hydrogens (tertiary/aromatic N) is 2. The Labute approximate surface area is 220 Å². The molecule has 1 aliphatic heterocycles. The number of methoxy groups -OCH3 is 1. The van der Waals surface area contributed by atoms with Gasteiger partial charge in [-0.15, -0.1) is 0 Å². The van der Waals surface area contributed by atoms with Gasteiger partial charge in [0.15, 0.2) is 0 Å². The average molecular weight is 506 g/mol. The Morgan fingerprint density at radius 3 is 2.49 bits per heavy atom. The summed E-state index contributed by atoms with van der Waals surface area (Å²) >= 11 is 0. The van der Waals surface area contributed by atoms with Gasteiger partial charge >= 0.3 is 0 Å². The van der Waals surface area contributed by atoms with Gasteiger partial charge in [0.1, 0.15) is 11.8 Å². The van der Waals surface area contributed by atoms with E-state index in [1.807, 2.05) is 36.9 Å². The molecule has 1 aliphatic carbocycles. The second-order valence-electron chi connectivity index (χ2n) is 10.2. The molecule has 7 heteroatoms. The highest BCUT2D eigenvalue weighted by Crippen LogP contribution is 2.28. The van der Waals surface area contributed by atoms with Gasteiger partial charge in [0.25, 0.3) is 5.91 Å². The van der Waals surface area contributed by atoms with Gasteiger partial charge in [-0.2, -0.15) is 0 Å². The molecule has 7 nitrogen and oxygen atoms in total. The zero-order valence-corrected chi connectivity index (χ0v) is 22.2. The van der Waals surface area contributed by atoms with Crippen LogP contribution in [0.3, 0.4) is 0 Å². The standard InChI is InChI=1S/C30H39N3O4/c1-4-28(34)32-18-8-13-27(32)29(35)31-25-11-5-6-12-26(25)33(20-22-10-7-9-21(2)19-22)30(36)23-14-16-24(37-3)17-15-23/h7,9-10,14-17,19,25-27H,4-6,8,11-13,18,20H2,1-3H3,(H,31,35)/t25-,26-,27+/m1/s1. The third kappa shape index (κ3) is 6.32. The molecule has 0 radical (unpaired) electrons. The van der Waals surface area contributed by atoms with E-state index in [0.717, 1.165) is 43.2 Å². The number of carbonyl (C=O) groups is 3. The quantitative estimate of drug-likeness (QED) is 0.574. The summed E-state index contributed by atoms with van der Waals surface area (Å²) < 4.78 is 5.28. The summed E-state index contributed by atoms with van der Waals surface area (Å²) in [6.45, 7) is 4.98. The molecule has 198 valence electrons. The molecular formula is C30H39N3O4. The van der Waals surface area contributed by atoms with Crippen LogP contribution < -0.4 is 10.1 Å². The number of likely N-dealkylation sites (tertiary alicyclic amines) is 1. The van der Waals surface area contributed by atoms with Crippen molar-refractivity contribution in [1.29, 1.82) is 0 Å². The number of benzene rings is 2. The van der Waals surface area contributed by atoms with Crippen molar-refractivity contribution in [3.63, 3.8) is 0 Å². The molecule has 2 aromatic carbocycles. The average Bonchev–Trinajstić information content (AvgIpc) is 3.42. The molecule has 0 bridgehead atoms. The summed E-state index contributed by atoms with van der Waals surface area (Å²) in [4.78, 5) is 43.4. The maximum Gasteiger partial charge on any atom is 0.254 e. The lowest BCUT2D eigenvalue weighted by molar-refractivity contribution is -0.138. The van der Waals surface area contributed by atoms with E-state index in [4.69, 9.17) is 4.74 Å². The molecule has 2 aromatic rings. The highest BCUT2D eigenvalue weighted by Gasteiger charge is 2.38. The Kier molecular flexibility index (Phi) is 8.85. The Balaban J connectivity index is 1.59. The molecule has 0 spiro atoms. The van der Waals surface area contributed by atoms with E-state index in [1.165, 1.54) is 0 Å². The number of amides is 3. The Morgan fingerprint density at radius 2 is 1.78 bits per heavy atom. The summed E-state index contributed by atoms with van der Waals surface area (Å²) in [6, 6.07) is 14.7. The maximum atomic E-state index is 13.9. The first-order chi connectivity index (χ1) is 17.9. The third-order valence-corrected chi connectivity index (χ3v) is 7.67. The molecular weight excluding hydrogens is 466 g/mol. The van der Waals surface area contributed by atoms with Crippen LogP contribution in [0.15, 0.2) is 48.5 Å². The summed E-state index contributed by atoms with van der Waals surface area (Å²) in [6.07, 6.45) is 5.56. The molecule has 1 saturated carbocycles. The van der Waals surface area contributed by atoms with Crippen molar-refractivity contribution >= 4 is 17.7 Å². The number of carbonyl (C=O) groups excluding carboxylic acids is 3. The van der Waals surface area contributed by atoms with E-state index in [2.05, 4.69) is 11.4 Å². The molecule has 0 unspecified atom stereocenters. The van der Waals surface area contributed by atoms with Gasteiger partial charge in [-0.05, 0) is 62.4 Å². The van der Waals surface area contributed by atoms with Crippen LogP contribution in [0.2, 0.25) is 0 Å². The first-order valence-corrected chi connectivity index (χ1v) is 13.5. The van der Waals surface area contributed by atoms with Crippen molar-refractivity contribution in [3.05, 3.63) is 65.2 Å². The molecule has 4 rings (SSSR count).